The van der Waals surface area contributed by atoms with Crippen molar-refractivity contribution < 1.29 is 19.2 Å². The minimum absolute atomic E-state index is 0.0542. The molecule has 0 unspecified atom stereocenters. The highest BCUT2D eigenvalue weighted by atomic mass is 16.7. The average Bonchev–Trinajstić information content (AvgIpc) is 2.77. The van der Waals surface area contributed by atoms with Crippen LogP contribution in [0.2, 0.25) is 0 Å². The van der Waals surface area contributed by atoms with Crippen LogP contribution in [0.3, 0.4) is 0 Å². The van der Waals surface area contributed by atoms with E-state index < -0.39 is 4.92 Å². The zero-order chi connectivity index (χ0) is 20.2. The van der Waals surface area contributed by atoms with E-state index in [-0.39, 0.29) is 25.0 Å². The number of nitro benzene ring substituents is 1. The van der Waals surface area contributed by atoms with Gasteiger partial charge in [0.1, 0.15) is 5.75 Å². The van der Waals surface area contributed by atoms with Gasteiger partial charge in [-0.15, -0.1) is 0 Å². The molecule has 150 valence electrons. The number of para-hydroxylation sites is 1. The fourth-order valence-corrected chi connectivity index (χ4v) is 3.55. The maximum absolute atomic E-state index is 12.6. The number of carbonyl (C=O) groups is 1. The van der Waals surface area contributed by atoms with Crippen molar-refractivity contribution in [1.82, 2.24) is 4.90 Å². The quantitative estimate of drug-likeness (QED) is 0.450. The second-order valence-electron chi connectivity index (χ2n) is 6.87. The van der Waals surface area contributed by atoms with Crippen LogP contribution in [0, 0.1) is 10.1 Å². The van der Waals surface area contributed by atoms with Crippen LogP contribution in [0.25, 0.3) is 6.08 Å². The molecule has 0 aliphatic carbocycles. The molecule has 1 fully saturated rings. The molecule has 0 aromatic heterocycles. The lowest BCUT2D eigenvalue weighted by atomic mass is 10.1. The molecule has 1 amide bonds. The molecular weight excluding hydrogens is 374 g/mol. The van der Waals surface area contributed by atoms with Gasteiger partial charge in [0, 0.05) is 61.2 Å². The van der Waals surface area contributed by atoms with E-state index in [1.165, 1.54) is 18.2 Å². The van der Waals surface area contributed by atoms with Crippen LogP contribution < -0.4 is 9.64 Å². The number of hydrogen-bond acceptors (Lipinski definition) is 6. The lowest BCUT2D eigenvalue weighted by molar-refractivity contribution is -0.385. The number of hydrogen-bond donors (Lipinski definition) is 0. The van der Waals surface area contributed by atoms with Crippen LogP contribution in [0.15, 0.2) is 48.5 Å². The van der Waals surface area contributed by atoms with Gasteiger partial charge in [-0.25, -0.2) is 0 Å². The molecule has 0 bridgehead atoms. The van der Waals surface area contributed by atoms with E-state index in [9.17, 15) is 14.9 Å². The summed E-state index contributed by atoms with van der Waals surface area (Å²) in [4.78, 5) is 27.4. The van der Waals surface area contributed by atoms with Gasteiger partial charge in [0.15, 0.2) is 6.79 Å². The monoisotopic (exact) mass is 395 g/mol. The van der Waals surface area contributed by atoms with Crippen LogP contribution in [0.5, 0.6) is 5.75 Å². The number of non-ortho nitro benzene ring substituents is 1. The van der Waals surface area contributed by atoms with Crippen LogP contribution in [-0.2, 0) is 16.1 Å². The van der Waals surface area contributed by atoms with Crippen LogP contribution in [0.4, 0.5) is 11.4 Å². The number of nitrogens with zero attached hydrogens (tertiary/aromatic N) is 3. The Hall–Kier alpha value is -3.39. The van der Waals surface area contributed by atoms with Gasteiger partial charge in [0.05, 0.1) is 11.5 Å². The maximum Gasteiger partial charge on any atom is 0.270 e. The highest BCUT2D eigenvalue weighted by molar-refractivity contribution is 5.92. The van der Waals surface area contributed by atoms with Gasteiger partial charge in [-0.2, -0.15) is 0 Å². The summed E-state index contributed by atoms with van der Waals surface area (Å²) in [5, 5.41) is 11.2. The normalized spacial score (nSPS) is 16.4. The highest BCUT2D eigenvalue weighted by Gasteiger charge is 2.22. The fraction of sp³-hybridized carbons (Fsp3) is 0.286. The van der Waals surface area contributed by atoms with Crippen molar-refractivity contribution in [2.45, 2.75) is 6.61 Å². The lowest BCUT2D eigenvalue weighted by Gasteiger charge is -2.35. The number of anilines is 1. The molecule has 2 aromatic rings. The van der Waals surface area contributed by atoms with E-state index in [1.807, 2.05) is 18.2 Å². The van der Waals surface area contributed by atoms with E-state index in [1.54, 1.807) is 11.0 Å². The van der Waals surface area contributed by atoms with E-state index >= 15 is 0 Å². The average molecular weight is 395 g/mol. The van der Waals surface area contributed by atoms with Crippen molar-refractivity contribution in [3.05, 3.63) is 69.8 Å². The first-order chi connectivity index (χ1) is 14.1. The van der Waals surface area contributed by atoms with Gasteiger partial charge in [0.2, 0.25) is 5.91 Å². The molecule has 0 N–H and O–H groups in total. The van der Waals surface area contributed by atoms with Gasteiger partial charge >= 0.3 is 0 Å². The number of benzene rings is 2. The number of fused-ring (bicyclic) bond motifs is 1. The summed E-state index contributed by atoms with van der Waals surface area (Å²) < 4.78 is 10.7. The third-order valence-corrected chi connectivity index (χ3v) is 5.05. The van der Waals surface area contributed by atoms with Crippen molar-refractivity contribution in [3.63, 3.8) is 0 Å². The molecule has 2 aromatic carbocycles. The van der Waals surface area contributed by atoms with Gasteiger partial charge in [-0.05, 0) is 18.2 Å². The molecule has 2 aliphatic heterocycles. The minimum atomic E-state index is -0.461. The van der Waals surface area contributed by atoms with Gasteiger partial charge < -0.3 is 19.3 Å². The van der Waals surface area contributed by atoms with Crippen molar-refractivity contribution in [2.75, 3.05) is 37.9 Å². The molecule has 29 heavy (non-hydrogen) atoms. The predicted octanol–water partition coefficient (Wildman–Crippen LogP) is 2.82. The number of ether oxygens (including phenoxy) is 2. The van der Waals surface area contributed by atoms with Gasteiger partial charge in [0.25, 0.3) is 5.69 Å². The molecule has 1 saturated heterocycles. The van der Waals surface area contributed by atoms with Gasteiger partial charge in [-0.1, -0.05) is 18.2 Å². The number of nitro groups is 1. The summed E-state index contributed by atoms with van der Waals surface area (Å²) in [7, 11) is 0. The Balaban J connectivity index is 1.45. The largest absolute Gasteiger partial charge is 0.467 e. The van der Waals surface area contributed by atoms with Crippen LogP contribution in [-0.4, -0.2) is 48.7 Å². The summed E-state index contributed by atoms with van der Waals surface area (Å²) in [6.45, 7) is 3.09. The SMILES string of the molecule is O=C(/C=C/c1cc([N+](=O)[O-])cc2c1OCOC2)N1CCN(c2ccccc2)CC1. The van der Waals surface area contributed by atoms with Crippen LogP contribution >= 0.6 is 0 Å². The zero-order valence-electron chi connectivity index (χ0n) is 15.8. The lowest BCUT2D eigenvalue weighted by Crippen LogP contribution is -2.48. The number of carbonyl (C=O) groups excluding carboxylic acids is 1. The summed E-state index contributed by atoms with van der Waals surface area (Å²) in [5.41, 5.74) is 2.21. The summed E-state index contributed by atoms with van der Waals surface area (Å²) in [5.74, 6) is 0.407. The topological polar surface area (TPSA) is 85.1 Å². The van der Waals surface area contributed by atoms with E-state index in [0.717, 1.165) is 18.8 Å². The van der Waals surface area contributed by atoms with E-state index in [0.29, 0.717) is 30.0 Å². The number of rotatable bonds is 4. The van der Waals surface area contributed by atoms with Crippen LogP contribution in [0.1, 0.15) is 11.1 Å². The number of piperazine rings is 1. The summed E-state index contributed by atoms with van der Waals surface area (Å²) >= 11 is 0. The molecule has 8 nitrogen and oxygen atoms in total. The fourth-order valence-electron chi connectivity index (χ4n) is 3.55. The van der Waals surface area contributed by atoms with Crippen molar-refractivity contribution in [1.29, 1.82) is 0 Å². The molecule has 0 spiro atoms. The standard InChI is InChI=1S/C21H21N3O5/c25-20(23-10-8-22(9-11-23)18-4-2-1-3-5-18)7-6-16-12-19(24(26)27)13-17-14-28-15-29-21(16)17/h1-7,12-13H,8-11,14-15H2/b7-6+. The molecule has 2 aliphatic rings. The molecule has 2 heterocycles. The molecule has 8 heteroatoms. The Morgan fingerprint density at radius 3 is 2.59 bits per heavy atom. The van der Waals surface area contributed by atoms with E-state index in [2.05, 4.69) is 17.0 Å². The molecule has 4 rings (SSSR count). The smallest absolute Gasteiger partial charge is 0.270 e. The molecule has 0 atom stereocenters. The first-order valence-corrected chi connectivity index (χ1v) is 9.40. The van der Waals surface area contributed by atoms with Crippen molar-refractivity contribution in [3.8, 4) is 5.75 Å². The molecule has 0 saturated carbocycles. The Kier molecular flexibility index (Phi) is 5.44. The van der Waals surface area contributed by atoms with E-state index in [4.69, 9.17) is 9.47 Å². The summed E-state index contributed by atoms with van der Waals surface area (Å²) in [6.07, 6.45) is 3.04. The molecular formula is C21H21N3O5. The Labute approximate surface area is 168 Å². The third-order valence-electron chi connectivity index (χ3n) is 5.05. The summed E-state index contributed by atoms with van der Waals surface area (Å²) in [6, 6.07) is 13.0. The Bertz CT molecular complexity index is 937. The maximum atomic E-state index is 12.6. The first kappa shape index (κ1) is 18.9. The Morgan fingerprint density at radius 1 is 1.10 bits per heavy atom. The second kappa shape index (κ2) is 8.32. The Morgan fingerprint density at radius 2 is 1.86 bits per heavy atom. The zero-order valence-corrected chi connectivity index (χ0v) is 15.8. The third kappa shape index (κ3) is 4.22. The van der Waals surface area contributed by atoms with Crippen molar-refractivity contribution >= 4 is 23.4 Å². The number of amides is 1. The molecule has 0 radical (unpaired) electrons. The van der Waals surface area contributed by atoms with Gasteiger partial charge in [-0.3, -0.25) is 14.9 Å². The predicted molar refractivity (Wildman–Crippen MR) is 108 cm³/mol. The van der Waals surface area contributed by atoms with Crippen molar-refractivity contribution in [2.24, 2.45) is 0 Å². The second-order valence-corrected chi connectivity index (χ2v) is 6.87. The minimum Gasteiger partial charge on any atom is -0.467 e. The highest BCUT2D eigenvalue weighted by Crippen LogP contribution is 2.33. The first-order valence-electron chi connectivity index (χ1n) is 9.40.